The van der Waals surface area contributed by atoms with Crippen LogP contribution in [-0.2, 0) is 0 Å². The number of hydrogen-bond acceptors (Lipinski definition) is 1. The molecule has 2 aromatic rings. The van der Waals surface area contributed by atoms with Crippen LogP contribution in [0, 0.1) is 0 Å². The first-order chi connectivity index (χ1) is 9.61. The Kier molecular flexibility index (Phi) is 2.95. The molecule has 20 heavy (non-hydrogen) atoms. The summed E-state index contributed by atoms with van der Waals surface area (Å²) in [5, 5.41) is -0.0307. The average molecular weight is 289 g/mol. The van der Waals surface area contributed by atoms with E-state index >= 15 is 0 Å². The van der Waals surface area contributed by atoms with Crippen molar-refractivity contribution in [3.05, 3.63) is 59.7 Å². The Labute approximate surface area is 120 Å². The van der Waals surface area contributed by atoms with Gasteiger partial charge in [0.25, 0.3) is 0 Å². The maximum absolute atomic E-state index is 14.5. The Morgan fingerprint density at radius 2 is 1.50 bits per heavy atom. The van der Waals surface area contributed by atoms with Crippen LogP contribution < -0.4 is 10.6 Å². The predicted octanol–water partition coefficient (Wildman–Crippen LogP) is 4.25. The van der Waals surface area contributed by atoms with E-state index in [9.17, 15) is 9.18 Å². The number of nitrogens with zero attached hydrogens (tertiary/aromatic N) is 1. The molecule has 0 unspecified atom stereocenters. The summed E-state index contributed by atoms with van der Waals surface area (Å²) in [4.78, 5) is 13.1. The molecule has 0 spiro atoms. The molecule has 2 amide bonds. The van der Waals surface area contributed by atoms with E-state index in [1.807, 2.05) is 0 Å². The van der Waals surface area contributed by atoms with Gasteiger partial charge in [0.1, 0.15) is 0 Å². The number of primary amides is 1. The second-order valence-electron chi connectivity index (χ2n) is 4.34. The van der Waals surface area contributed by atoms with Gasteiger partial charge in [0.15, 0.2) is 5.83 Å². The van der Waals surface area contributed by atoms with Crippen LogP contribution in [0.4, 0.5) is 20.6 Å². The lowest BCUT2D eigenvalue weighted by molar-refractivity contribution is 0.256. The number of halogens is 2. The van der Waals surface area contributed by atoms with Crippen molar-refractivity contribution in [2.75, 3.05) is 4.90 Å². The molecule has 100 valence electrons. The molecular weight excluding hydrogens is 279 g/mol. The number of carbonyl (C=O) groups is 1. The molecule has 3 nitrogen and oxygen atoms in total. The van der Waals surface area contributed by atoms with Crippen molar-refractivity contribution in [2.45, 2.75) is 0 Å². The second-order valence-corrected chi connectivity index (χ2v) is 4.71. The minimum atomic E-state index is -0.691. The molecule has 2 N–H and O–H groups in total. The summed E-state index contributed by atoms with van der Waals surface area (Å²) in [6.45, 7) is 0. The number of hydrogen-bond donors (Lipinski definition) is 1. The van der Waals surface area contributed by atoms with E-state index in [2.05, 4.69) is 0 Å². The average Bonchev–Trinajstić information content (AvgIpc) is 2.55. The van der Waals surface area contributed by atoms with Crippen molar-refractivity contribution in [3.63, 3.8) is 0 Å². The summed E-state index contributed by atoms with van der Waals surface area (Å²) in [6.07, 6.45) is 0. The van der Waals surface area contributed by atoms with E-state index in [-0.39, 0.29) is 10.6 Å². The third kappa shape index (κ3) is 1.77. The largest absolute Gasteiger partial charge is 0.351 e. The maximum Gasteiger partial charge on any atom is 0.323 e. The molecule has 2 aromatic carbocycles. The van der Waals surface area contributed by atoms with Gasteiger partial charge in [-0.3, -0.25) is 4.90 Å². The molecule has 0 aliphatic carbocycles. The van der Waals surface area contributed by atoms with E-state index in [0.29, 0.717) is 16.9 Å². The number of amides is 2. The molecule has 1 aliphatic heterocycles. The Bertz CT molecular complexity index is 687. The number of nitrogens with two attached hydrogens (primary N) is 1. The topological polar surface area (TPSA) is 46.3 Å². The molecule has 0 saturated carbocycles. The highest BCUT2D eigenvalue weighted by atomic mass is 35.5. The van der Waals surface area contributed by atoms with Crippen LogP contribution in [-0.4, -0.2) is 6.03 Å². The first-order valence-corrected chi connectivity index (χ1v) is 6.32. The number of anilines is 2. The second kappa shape index (κ2) is 4.65. The highest BCUT2D eigenvalue weighted by molar-refractivity contribution is 6.53. The Morgan fingerprint density at radius 3 is 2.10 bits per heavy atom. The molecule has 0 atom stereocenters. The quantitative estimate of drug-likeness (QED) is 0.774. The lowest BCUT2D eigenvalue weighted by Gasteiger charge is -2.22. The van der Waals surface area contributed by atoms with Gasteiger partial charge in [-0.05, 0) is 18.2 Å². The number of urea groups is 1. The first-order valence-electron chi connectivity index (χ1n) is 5.95. The van der Waals surface area contributed by atoms with Crippen LogP contribution in [0.2, 0.25) is 0 Å². The third-order valence-electron chi connectivity index (χ3n) is 3.18. The summed E-state index contributed by atoms with van der Waals surface area (Å²) in [7, 11) is 0. The molecule has 5 heteroatoms. The van der Waals surface area contributed by atoms with E-state index in [1.165, 1.54) is 4.90 Å². The fourth-order valence-electron chi connectivity index (χ4n) is 2.31. The van der Waals surface area contributed by atoms with Gasteiger partial charge >= 0.3 is 6.03 Å². The van der Waals surface area contributed by atoms with Gasteiger partial charge in [0.2, 0.25) is 0 Å². The van der Waals surface area contributed by atoms with Gasteiger partial charge in [0, 0.05) is 11.1 Å². The van der Waals surface area contributed by atoms with Crippen LogP contribution in [0.5, 0.6) is 0 Å². The van der Waals surface area contributed by atoms with Crippen molar-refractivity contribution < 1.29 is 9.18 Å². The smallest absolute Gasteiger partial charge is 0.323 e. The highest BCUT2D eigenvalue weighted by Crippen LogP contribution is 2.45. The number of benzene rings is 2. The van der Waals surface area contributed by atoms with Gasteiger partial charge < -0.3 is 5.73 Å². The number of rotatable bonds is 0. The molecule has 0 radical (unpaired) electrons. The summed E-state index contributed by atoms with van der Waals surface area (Å²) >= 11 is 6.13. The maximum atomic E-state index is 14.5. The van der Waals surface area contributed by atoms with Crippen LogP contribution in [0.25, 0.3) is 10.9 Å². The summed E-state index contributed by atoms with van der Waals surface area (Å²) in [5.41, 5.74) is 6.97. The molecule has 0 saturated heterocycles. The van der Waals surface area contributed by atoms with Gasteiger partial charge in [-0.1, -0.05) is 41.9 Å². The lowest BCUT2D eigenvalue weighted by atomic mass is 10.1. The Morgan fingerprint density at radius 1 is 1.00 bits per heavy atom. The zero-order chi connectivity index (χ0) is 14.3. The Balaban J connectivity index is 2.42. The summed E-state index contributed by atoms with van der Waals surface area (Å²) < 4.78 is 14.5. The van der Waals surface area contributed by atoms with Gasteiger partial charge in [-0.15, -0.1) is 0 Å². The van der Waals surface area contributed by atoms with E-state index in [0.717, 1.165) is 0 Å². The van der Waals surface area contributed by atoms with Crippen molar-refractivity contribution in [2.24, 2.45) is 5.73 Å². The fraction of sp³-hybridized carbons (Fsp3) is 0. The SMILES string of the molecule is NC(=O)N1c2ccccc2C(F)=C(Cl)c2ccccc21. The van der Waals surface area contributed by atoms with Crippen LogP contribution in [0.3, 0.4) is 0 Å². The fourth-order valence-corrected chi connectivity index (χ4v) is 2.57. The molecule has 0 fully saturated rings. The predicted molar refractivity (Wildman–Crippen MR) is 78.4 cm³/mol. The lowest BCUT2D eigenvalue weighted by Crippen LogP contribution is -2.32. The summed E-state index contributed by atoms with van der Waals surface area (Å²) in [6, 6.07) is 12.7. The third-order valence-corrected chi connectivity index (χ3v) is 3.55. The molecule has 1 heterocycles. The minimum absolute atomic E-state index is 0.0307. The first kappa shape index (κ1) is 12.7. The zero-order valence-corrected chi connectivity index (χ0v) is 11.1. The molecular formula is C15H10ClFN2O. The van der Waals surface area contributed by atoms with Crippen LogP contribution in [0.15, 0.2) is 48.5 Å². The van der Waals surface area contributed by atoms with E-state index in [1.54, 1.807) is 48.5 Å². The van der Waals surface area contributed by atoms with E-state index in [4.69, 9.17) is 17.3 Å². The van der Waals surface area contributed by atoms with Gasteiger partial charge in [-0.2, -0.15) is 0 Å². The minimum Gasteiger partial charge on any atom is -0.351 e. The van der Waals surface area contributed by atoms with Crippen molar-refractivity contribution >= 4 is 39.9 Å². The standard InChI is InChI=1S/C15H10ClFN2O/c16-13-9-5-1-3-7-11(9)19(15(18)20)12-8-4-2-6-10(12)14(13)17/h1-8H,(H2,18,20). The van der Waals surface area contributed by atoms with Gasteiger partial charge in [0.05, 0.1) is 16.4 Å². The monoisotopic (exact) mass is 288 g/mol. The van der Waals surface area contributed by atoms with Gasteiger partial charge in [-0.25, -0.2) is 9.18 Å². The van der Waals surface area contributed by atoms with Crippen LogP contribution in [0.1, 0.15) is 11.1 Å². The highest BCUT2D eigenvalue weighted by Gasteiger charge is 2.28. The molecule has 0 aromatic heterocycles. The normalized spacial score (nSPS) is 13.6. The van der Waals surface area contributed by atoms with Crippen molar-refractivity contribution in [3.8, 4) is 0 Å². The number of para-hydroxylation sites is 2. The zero-order valence-electron chi connectivity index (χ0n) is 10.3. The molecule has 0 bridgehead atoms. The molecule has 1 aliphatic rings. The number of fused-ring (bicyclic) bond motifs is 2. The molecule has 3 rings (SSSR count). The van der Waals surface area contributed by atoms with Crippen molar-refractivity contribution in [1.82, 2.24) is 0 Å². The number of carbonyl (C=O) groups excluding carboxylic acids is 1. The van der Waals surface area contributed by atoms with E-state index < -0.39 is 11.9 Å². The van der Waals surface area contributed by atoms with Crippen LogP contribution >= 0.6 is 11.6 Å². The Hall–Kier alpha value is -2.33. The summed E-state index contributed by atoms with van der Waals surface area (Å²) in [5.74, 6) is -0.571. The van der Waals surface area contributed by atoms with Crippen molar-refractivity contribution in [1.29, 1.82) is 0 Å².